The van der Waals surface area contributed by atoms with Crippen LogP contribution < -0.4 is 5.73 Å². The predicted molar refractivity (Wildman–Crippen MR) is 78.5 cm³/mol. The third-order valence-electron chi connectivity index (χ3n) is 3.88. The molecule has 19 heavy (non-hydrogen) atoms. The van der Waals surface area contributed by atoms with Gasteiger partial charge in [-0.25, -0.2) is 0 Å². The second-order valence-corrected chi connectivity index (χ2v) is 5.63. The lowest BCUT2D eigenvalue weighted by Gasteiger charge is -2.25. The molecule has 0 radical (unpaired) electrons. The molecule has 3 nitrogen and oxygen atoms in total. The van der Waals surface area contributed by atoms with Gasteiger partial charge in [-0.3, -0.25) is 4.79 Å². The molecule has 0 heterocycles. The molecule has 2 rings (SSSR count). The number of amides is 1. The Labute approximate surface area is 115 Å². The van der Waals surface area contributed by atoms with Gasteiger partial charge in [0.1, 0.15) is 0 Å². The number of carbonyl (C=O) groups is 1. The van der Waals surface area contributed by atoms with Crippen LogP contribution in [0.4, 0.5) is 5.69 Å². The number of benzene rings is 1. The van der Waals surface area contributed by atoms with Gasteiger partial charge in [0.2, 0.25) is 5.91 Å². The van der Waals surface area contributed by atoms with E-state index in [0.29, 0.717) is 18.4 Å². The van der Waals surface area contributed by atoms with E-state index in [2.05, 4.69) is 13.8 Å². The lowest BCUT2D eigenvalue weighted by molar-refractivity contribution is -0.136. The summed E-state index contributed by atoms with van der Waals surface area (Å²) in [4.78, 5) is 14.5. The first-order chi connectivity index (χ1) is 9.11. The molecule has 2 N–H and O–H groups in total. The molecule has 1 aliphatic carbocycles. The second-order valence-electron chi connectivity index (χ2n) is 5.63. The fraction of sp³-hybridized carbons (Fsp3) is 0.562. The molecule has 1 aromatic carbocycles. The average molecular weight is 260 g/mol. The lowest BCUT2D eigenvalue weighted by atomic mass is 10.0. The Morgan fingerprint density at radius 3 is 2.53 bits per heavy atom. The number of nitrogen functional groups attached to an aromatic ring is 1. The minimum atomic E-state index is 0.181. The molecule has 0 bridgehead atoms. The van der Waals surface area contributed by atoms with Crippen LogP contribution in [-0.4, -0.2) is 17.4 Å². The molecule has 1 unspecified atom stereocenters. The Morgan fingerprint density at radius 2 is 2.00 bits per heavy atom. The largest absolute Gasteiger partial charge is 0.399 e. The van der Waals surface area contributed by atoms with Gasteiger partial charge >= 0.3 is 0 Å². The van der Waals surface area contributed by atoms with Crippen molar-refractivity contribution in [2.75, 3.05) is 12.3 Å². The van der Waals surface area contributed by atoms with Crippen molar-refractivity contribution < 1.29 is 4.79 Å². The normalized spacial score (nSPS) is 16.1. The number of carbonyl (C=O) groups excluding carboxylic acids is 1. The molecule has 1 amide bonds. The predicted octanol–water partition coefficient (Wildman–Crippen LogP) is 3.05. The van der Waals surface area contributed by atoms with E-state index in [1.807, 2.05) is 29.2 Å². The fourth-order valence-electron chi connectivity index (χ4n) is 2.47. The number of nitrogens with zero attached hydrogens (tertiary/aromatic N) is 1. The van der Waals surface area contributed by atoms with E-state index in [1.54, 1.807) is 0 Å². The van der Waals surface area contributed by atoms with Gasteiger partial charge < -0.3 is 10.6 Å². The summed E-state index contributed by atoms with van der Waals surface area (Å²) in [5, 5.41) is 0. The Hall–Kier alpha value is -1.51. The monoisotopic (exact) mass is 260 g/mol. The van der Waals surface area contributed by atoms with Crippen LogP contribution in [0.1, 0.15) is 38.7 Å². The summed E-state index contributed by atoms with van der Waals surface area (Å²) in [6.45, 7) is 5.72. The van der Waals surface area contributed by atoms with E-state index in [9.17, 15) is 4.79 Å². The molecule has 0 aliphatic heterocycles. The van der Waals surface area contributed by atoms with Crippen molar-refractivity contribution in [3.8, 4) is 0 Å². The zero-order valence-corrected chi connectivity index (χ0v) is 11.9. The third-order valence-corrected chi connectivity index (χ3v) is 3.88. The molecule has 0 saturated heterocycles. The van der Waals surface area contributed by atoms with E-state index in [-0.39, 0.29) is 5.92 Å². The third kappa shape index (κ3) is 3.72. The molecule has 1 fully saturated rings. The first-order valence-electron chi connectivity index (χ1n) is 7.25. The smallest absolute Gasteiger partial charge is 0.225 e. The maximum Gasteiger partial charge on any atom is 0.225 e. The van der Waals surface area contributed by atoms with Crippen LogP contribution in [0.3, 0.4) is 0 Å². The molecular weight excluding hydrogens is 236 g/mol. The molecule has 0 aromatic heterocycles. The summed E-state index contributed by atoms with van der Waals surface area (Å²) in [6.07, 6.45) is 3.43. The van der Waals surface area contributed by atoms with E-state index in [1.165, 1.54) is 12.8 Å². The lowest BCUT2D eigenvalue weighted by Crippen LogP contribution is -2.36. The van der Waals surface area contributed by atoms with Gasteiger partial charge in [-0.1, -0.05) is 26.0 Å². The molecule has 1 atom stereocenters. The van der Waals surface area contributed by atoms with E-state index >= 15 is 0 Å². The Bertz CT molecular complexity index is 423. The maximum atomic E-state index is 12.5. The number of hydrogen-bond acceptors (Lipinski definition) is 2. The minimum absolute atomic E-state index is 0.181. The highest BCUT2D eigenvalue weighted by molar-refractivity contribution is 5.79. The minimum Gasteiger partial charge on any atom is -0.399 e. The van der Waals surface area contributed by atoms with Crippen molar-refractivity contribution in [3.05, 3.63) is 29.8 Å². The maximum absolute atomic E-state index is 12.5. The van der Waals surface area contributed by atoms with Crippen LogP contribution in [0.25, 0.3) is 0 Å². The molecule has 1 saturated carbocycles. The zero-order valence-electron chi connectivity index (χ0n) is 11.9. The van der Waals surface area contributed by atoms with Crippen LogP contribution in [-0.2, 0) is 11.3 Å². The highest BCUT2D eigenvalue weighted by atomic mass is 16.2. The molecule has 0 spiro atoms. The van der Waals surface area contributed by atoms with Crippen molar-refractivity contribution in [1.29, 1.82) is 0 Å². The first-order valence-corrected chi connectivity index (χ1v) is 7.25. The Balaban J connectivity index is 2.02. The standard InChI is InChI=1S/C16H24N2O/c1-3-10-18(16(19)12(2)14-6-7-14)11-13-4-8-15(17)9-5-13/h4-5,8-9,12,14H,3,6-7,10-11,17H2,1-2H3. The van der Waals surface area contributed by atoms with Crippen molar-refractivity contribution in [2.24, 2.45) is 11.8 Å². The molecule has 1 aliphatic rings. The van der Waals surface area contributed by atoms with Crippen LogP contribution in [0.5, 0.6) is 0 Å². The molecular formula is C16H24N2O. The highest BCUT2D eigenvalue weighted by Gasteiger charge is 2.34. The van der Waals surface area contributed by atoms with Crippen molar-refractivity contribution in [3.63, 3.8) is 0 Å². The van der Waals surface area contributed by atoms with Crippen LogP contribution >= 0.6 is 0 Å². The fourth-order valence-corrected chi connectivity index (χ4v) is 2.47. The number of rotatable bonds is 6. The number of anilines is 1. The van der Waals surface area contributed by atoms with Gasteiger partial charge in [-0.2, -0.15) is 0 Å². The van der Waals surface area contributed by atoms with E-state index in [4.69, 9.17) is 5.73 Å². The average Bonchev–Trinajstić information content (AvgIpc) is 3.23. The quantitative estimate of drug-likeness (QED) is 0.799. The second kappa shape index (κ2) is 6.09. The summed E-state index contributed by atoms with van der Waals surface area (Å²) >= 11 is 0. The van der Waals surface area contributed by atoms with Crippen molar-refractivity contribution in [2.45, 2.75) is 39.7 Å². The summed E-state index contributed by atoms with van der Waals surface area (Å²) < 4.78 is 0. The number of nitrogens with two attached hydrogens (primary N) is 1. The van der Waals surface area contributed by atoms with Gasteiger partial charge in [0, 0.05) is 24.7 Å². The summed E-state index contributed by atoms with van der Waals surface area (Å²) in [5.41, 5.74) is 7.61. The topological polar surface area (TPSA) is 46.3 Å². The van der Waals surface area contributed by atoms with Crippen LogP contribution in [0.2, 0.25) is 0 Å². The Morgan fingerprint density at radius 1 is 1.37 bits per heavy atom. The van der Waals surface area contributed by atoms with E-state index < -0.39 is 0 Å². The SMILES string of the molecule is CCCN(Cc1ccc(N)cc1)C(=O)C(C)C1CC1. The molecule has 1 aromatic rings. The van der Waals surface area contributed by atoms with Crippen molar-refractivity contribution >= 4 is 11.6 Å². The first kappa shape index (κ1) is 13.9. The van der Waals surface area contributed by atoms with Gasteiger partial charge in [0.25, 0.3) is 0 Å². The van der Waals surface area contributed by atoms with Gasteiger partial charge in [-0.05, 0) is 42.9 Å². The van der Waals surface area contributed by atoms with E-state index in [0.717, 1.165) is 24.2 Å². The van der Waals surface area contributed by atoms with Gasteiger partial charge in [-0.15, -0.1) is 0 Å². The van der Waals surface area contributed by atoms with Gasteiger partial charge in [0.15, 0.2) is 0 Å². The zero-order chi connectivity index (χ0) is 13.8. The van der Waals surface area contributed by atoms with Crippen LogP contribution in [0, 0.1) is 11.8 Å². The summed E-state index contributed by atoms with van der Waals surface area (Å²) in [7, 11) is 0. The summed E-state index contributed by atoms with van der Waals surface area (Å²) in [6, 6.07) is 7.81. The van der Waals surface area contributed by atoms with Crippen molar-refractivity contribution in [1.82, 2.24) is 4.90 Å². The molecule has 3 heteroatoms. The number of hydrogen-bond donors (Lipinski definition) is 1. The Kier molecular flexibility index (Phi) is 4.46. The summed E-state index contributed by atoms with van der Waals surface area (Å²) in [5.74, 6) is 1.11. The molecule has 104 valence electrons. The van der Waals surface area contributed by atoms with Gasteiger partial charge in [0.05, 0.1) is 0 Å². The highest BCUT2D eigenvalue weighted by Crippen LogP contribution is 2.37. The van der Waals surface area contributed by atoms with Crippen LogP contribution in [0.15, 0.2) is 24.3 Å².